The van der Waals surface area contributed by atoms with E-state index >= 15 is 0 Å². The second-order valence-electron chi connectivity index (χ2n) is 10.7. The number of carbonyl (C=O) groups excluding carboxylic acids is 1. The molecule has 0 aliphatic carbocycles. The van der Waals surface area contributed by atoms with E-state index in [1.807, 2.05) is 95.8 Å². The Balaban J connectivity index is 1.51. The minimum Gasteiger partial charge on any atom is -0.497 e. The van der Waals surface area contributed by atoms with E-state index in [2.05, 4.69) is 6.92 Å². The van der Waals surface area contributed by atoms with Crippen LogP contribution in [0.25, 0.3) is 23.0 Å². The first-order valence-corrected chi connectivity index (χ1v) is 16.0. The van der Waals surface area contributed by atoms with Crippen molar-refractivity contribution in [2.75, 3.05) is 20.3 Å². The number of fused-ring (bicyclic) bond motifs is 1. The van der Waals surface area contributed by atoms with Gasteiger partial charge in [-0.05, 0) is 80.4 Å². The van der Waals surface area contributed by atoms with Crippen LogP contribution in [0, 0.1) is 0 Å². The quantitative estimate of drug-likeness (QED) is 0.190. The number of thiazole rings is 1. The maximum absolute atomic E-state index is 14.3. The van der Waals surface area contributed by atoms with Crippen LogP contribution in [-0.4, -0.2) is 40.6 Å². The molecular formula is C36H34N4O5S. The van der Waals surface area contributed by atoms with Crippen LogP contribution in [0.15, 0.2) is 106 Å². The molecule has 3 heterocycles. The van der Waals surface area contributed by atoms with Crippen LogP contribution in [-0.2, 0) is 9.53 Å². The predicted octanol–water partition coefficient (Wildman–Crippen LogP) is 5.45. The van der Waals surface area contributed by atoms with E-state index in [1.54, 1.807) is 25.5 Å². The normalized spacial score (nSPS) is 14.5. The molecule has 0 fully saturated rings. The van der Waals surface area contributed by atoms with Crippen molar-refractivity contribution in [2.24, 2.45) is 4.99 Å². The van der Waals surface area contributed by atoms with Crippen LogP contribution >= 0.6 is 11.3 Å². The Bertz CT molecular complexity index is 2080. The van der Waals surface area contributed by atoms with Gasteiger partial charge in [-0.2, -0.15) is 5.10 Å². The molecule has 6 rings (SSSR count). The van der Waals surface area contributed by atoms with Crippen molar-refractivity contribution in [1.29, 1.82) is 0 Å². The van der Waals surface area contributed by atoms with Crippen molar-refractivity contribution in [1.82, 2.24) is 14.3 Å². The molecule has 1 atom stereocenters. The molecule has 234 valence electrons. The highest BCUT2D eigenvalue weighted by molar-refractivity contribution is 7.07. The van der Waals surface area contributed by atoms with E-state index in [4.69, 9.17) is 24.3 Å². The van der Waals surface area contributed by atoms with Gasteiger partial charge in [-0.25, -0.2) is 14.5 Å². The van der Waals surface area contributed by atoms with Crippen LogP contribution in [0.5, 0.6) is 11.5 Å². The molecule has 0 spiro atoms. The molecule has 0 unspecified atom stereocenters. The molecule has 1 aliphatic rings. The topological polar surface area (TPSA) is 96.9 Å². The second kappa shape index (κ2) is 13.4. The molecule has 0 saturated carbocycles. The average Bonchev–Trinajstić information content (AvgIpc) is 3.64. The number of hydrogen-bond acceptors (Lipinski definition) is 8. The maximum atomic E-state index is 14.3. The third-order valence-electron chi connectivity index (χ3n) is 7.60. The average molecular weight is 635 g/mol. The number of aromatic nitrogens is 3. The van der Waals surface area contributed by atoms with Gasteiger partial charge >= 0.3 is 5.97 Å². The minimum atomic E-state index is -0.717. The fourth-order valence-electron chi connectivity index (χ4n) is 5.39. The van der Waals surface area contributed by atoms with E-state index in [9.17, 15) is 9.59 Å². The smallest absolute Gasteiger partial charge is 0.338 e. The first-order chi connectivity index (χ1) is 22.4. The van der Waals surface area contributed by atoms with Crippen LogP contribution in [0.1, 0.15) is 44.4 Å². The van der Waals surface area contributed by atoms with Gasteiger partial charge in [-0.1, -0.05) is 48.6 Å². The zero-order valence-corrected chi connectivity index (χ0v) is 26.9. The molecule has 10 heteroatoms. The number of rotatable bonds is 10. The van der Waals surface area contributed by atoms with Crippen molar-refractivity contribution >= 4 is 23.4 Å². The fourth-order valence-corrected chi connectivity index (χ4v) is 6.43. The van der Waals surface area contributed by atoms with Gasteiger partial charge in [0.25, 0.3) is 5.56 Å². The first-order valence-electron chi connectivity index (χ1n) is 15.1. The predicted molar refractivity (Wildman–Crippen MR) is 178 cm³/mol. The lowest BCUT2D eigenvalue weighted by atomic mass is 9.96. The molecule has 1 aliphatic heterocycles. The zero-order chi connectivity index (χ0) is 32.2. The standard InChI is InChI=1S/C36H34N4O5S/c1-5-20-45-29-18-12-24(13-19-29)32-26(22-39(38-32)27-10-8-7-9-11-27)21-30-34(41)40-33(25-14-16-28(43-4)17-15-25)31(35(42)44-6-2)23(3)37-36(40)46-30/h7-19,21-22,33H,5-6,20H2,1-4H3/b30-21-/t33-/m0/s1. The summed E-state index contributed by atoms with van der Waals surface area (Å²) in [7, 11) is 1.59. The van der Waals surface area contributed by atoms with Gasteiger partial charge in [0.1, 0.15) is 17.2 Å². The van der Waals surface area contributed by atoms with Gasteiger partial charge < -0.3 is 14.2 Å². The number of para-hydroxylation sites is 1. The summed E-state index contributed by atoms with van der Waals surface area (Å²) in [6, 6.07) is 24.2. The summed E-state index contributed by atoms with van der Waals surface area (Å²) in [5, 5.41) is 4.93. The van der Waals surface area contributed by atoms with E-state index in [0.717, 1.165) is 34.5 Å². The number of methoxy groups -OCH3 is 1. The monoisotopic (exact) mass is 634 g/mol. The Hall–Kier alpha value is -5.22. The summed E-state index contributed by atoms with van der Waals surface area (Å²) in [6.45, 7) is 6.44. The first kappa shape index (κ1) is 30.8. The number of carbonyl (C=O) groups is 1. The Morgan fingerprint density at radius 1 is 0.978 bits per heavy atom. The molecule has 2 aromatic heterocycles. The highest BCUT2D eigenvalue weighted by atomic mass is 32.1. The highest BCUT2D eigenvalue weighted by Gasteiger charge is 2.33. The van der Waals surface area contributed by atoms with Gasteiger partial charge in [0.15, 0.2) is 4.80 Å². The fraction of sp³-hybridized carbons (Fsp3) is 0.222. The number of nitrogens with zero attached hydrogens (tertiary/aromatic N) is 4. The zero-order valence-electron chi connectivity index (χ0n) is 26.1. The van der Waals surface area contributed by atoms with Crippen LogP contribution < -0.4 is 24.4 Å². The molecule has 0 radical (unpaired) electrons. The van der Waals surface area contributed by atoms with Crippen LogP contribution in [0.2, 0.25) is 0 Å². The molecule has 46 heavy (non-hydrogen) atoms. The number of esters is 1. The van der Waals surface area contributed by atoms with E-state index in [-0.39, 0.29) is 12.2 Å². The number of allylic oxidation sites excluding steroid dienone is 1. The minimum absolute atomic E-state index is 0.204. The summed E-state index contributed by atoms with van der Waals surface area (Å²) >= 11 is 1.27. The number of ether oxygens (including phenoxy) is 3. The van der Waals surface area contributed by atoms with Gasteiger partial charge in [-0.15, -0.1) is 0 Å². The summed E-state index contributed by atoms with van der Waals surface area (Å²) in [5.74, 6) is 0.952. The molecular weight excluding hydrogens is 600 g/mol. The van der Waals surface area contributed by atoms with Crippen molar-refractivity contribution in [3.63, 3.8) is 0 Å². The largest absolute Gasteiger partial charge is 0.497 e. The third kappa shape index (κ3) is 6.03. The van der Waals surface area contributed by atoms with Crippen molar-refractivity contribution < 1.29 is 19.0 Å². The van der Waals surface area contributed by atoms with Crippen LogP contribution in [0.3, 0.4) is 0 Å². The molecule has 0 amide bonds. The van der Waals surface area contributed by atoms with Crippen LogP contribution in [0.4, 0.5) is 0 Å². The van der Waals surface area contributed by atoms with Gasteiger partial charge in [0, 0.05) is 17.3 Å². The summed E-state index contributed by atoms with van der Waals surface area (Å²) in [5.41, 5.74) is 4.57. The highest BCUT2D eigenvalue weighted by Crippen LogP contribution is 2.32. The molecule has 9 nitrogen and oxygen atoms in total. The summed E-state index contributed by atoms with van der Waals surface area (Å²) in [6.07, 6.45) is 4.69. The summed E-state index contributed by atoms with van der Waals surface area (Å²) in [4.78, 5) is 32.7. The number of hydrogen-bond donors (Lipinski definition) is 0. The molecule has 0 N–H and O–H groups in total. The van der Waals surface area contributed by atoms with Gasteiger partial charge in [-0.3, -0.25) is 9.36 Å². The second-order valence-corrected chi connectivity index (χ2v) is 11.7. The Kier molecular flexibility index (Phi) is 8.98. The Morgan fingerprint density at radius 3 is 2.37 bits per heavy atom. The lowest BCUT2D eigenvalue weighted by molar-refractivity contribution is -0.139. The van der Waals surface area contributed by atoms with Crippen molar-refractivity contribution in [2.45, 2.75) is 33.2 Å². The maximum Gasteiger partial charge on any atom is 0.338 e. The van der Waals surface area contributed by atoms with Crippen molar-refractivity contribution in [3.8, 4) is 28.4 Å². The van der Waals surface area contributed by atoms with E-state index < -0.39 is 12.0 Å². The third-order valence-corrected chi connectivity index (χ3v) is 8.58. The SMILES string of the molecule is CCCOc1ccc(-c2nn(-c3ccccc3)cc2/C=c2\sc3n(c2=O)[C@@H](c2ccc(OC)cc2)C(C(=O)OCC)=C(C)N=3)cc1. The van der Waals surface area contributed by atoms with Crippen molar-refractivity contribution in [3.05, 3.63) is 127 Å². The molecule has 5 aromatic rings. The number of benzene rings is 3. The molecule has 3 aromatic carbocycles. The molecule has 0 bridgehead atoms. The summed E-state index contributed by atoms with van der Waals surface area (Å²) < 4.78 is 20.4. The lowest BCUT2D eigenvalue weighted by Gasteiger charge is -2.24. The lowest BCUT2D eigenvalue weighted by Crippen LogP contribution is -2.39. The Labute approximate surface area is 270 Å². The van der Waals surface area contributed by atoms with E-state index in [0.29, 0.717) is 38.7 Å². The van der Waals surface area contributed by atoms with Gasteiger partial charge in [0.05, 0.1) is 47.9 Å². The molecule has 0 saturated heterocycles. The van der Waals surface area contributed by atoms with Gasteiger partial charge in [0.2, 0.25) is 0 Å². The Morgan fingerprint density at radius 2 is 1.70 bits per heavy atom. The van der Waals surface area contributed by atoms with E-state index in [1.165, 1.54) is 11.3 Å².